The fourth-order valence-corrected chi connectivity index (χ4v) is 1.88. The highest BCUT2D eigenvalue weighted by atomic mass is 16.7. The molecule has 1 fully saturated rings. The van der Waals surface area contributed by atoms with Gasteiger partial charge in [-0.3, -0.25) is 0 Å². The van der Waals surface area contributed by atoms with Crippen molar-refractivity contribution in [2.24, 2.45) is 0 Å². The van der Waals surface area contributed by atoms with Crippen LogP contribution in [0.3, 0.4) is 0 Å². The van der Waals surface area contributed by atoms with E-state index in [1.165, 1.54) is 12.2 Å². The Morgan fingerprint density at radius 3 is 2.50 bits per heavy atom. The number of allylic oxidation sites excluding steroid dienone is 1. The molecule has 0 radical (unpaired) electrons. The molecule has 0 aromatic heterocycles. The van der Waals surface area contributed by atoms with Crippen LogP contribution in [0, 0.1) is 23.7 Å². The molecule has 0 saturated carbocycles. The van der Waals surface area contributed by atoms with Gasteiger partial charge in [-0.25, -0.2) is 0 Å². The summed E-state index contributed by atoms with van der Waals surface area (Å²) >= 11 is 0. The fourth-order valence-electron chi connectivity index (χ4n) is 1.88. The van der Waals surface area contributed by atoms with Crippen molar-refractivity contribution in [2.75, 3.05) is 19.8 Å². The molecular weight excluding hydrogens is 320 g/mol. The molecule has 8 heteroatoms. The number of hydrogen-bond acceptors (Lipinski definition) is 8. The second-order valence-corrected chi connectivity index (χ2v) is 5.00. The Balaban J connectivity index is 2.39. The lowest BCUT2D eigenvalue weighted by Crippen LogP contribution is -2.59. The zero-order chi connectivity index (χ0) is 17.9. The summed E-state index contributed by atoms with van der Waals surface area (Å²) in [6.45, 7) is -0.682. The summed E-state index contributed by atoms with van der Waals surface area (Å²) in [4.78, 5) is 0. The molecular formula is C16H22O8. The van der Waals surface area contributed by atoms with Crippen molar-refractivity contribution in [1.29, 1.82) is 0 Å². The predicted octanol–water partition coefficient (Wildman–Crippen LogP) is -2.89. The smallest absolute Gasteiger partial charge is 0.186 e. The van der Waals surface area contributed by atoms with Crippen LogP contribution in [0.4, 0.5) is 0 Å². The van der Waals surface area contributed by atoms with Gasteiger partial charge in [0, 0.05) is 6.42 Å². The van der Waals surface area contributed by atoms with Crippen LogP contribution in [0.5, 0.6) is 0 Å². The minimum atomic E-state index is -1.51. The van der Waals surface area contributed by atoms with Crippen molar-refractivity contribution in [1.82, 2.24) is 0 Å². The van der Waals surface area contributed by atoms with E-state index in [0.29, 0.717) is 0 Å². The lowest BCUT2D eigenvalue weighted by atomic mass is 9.99. The number of aliphatic hydroxyl groups excluding tert-OH is 6. The van der Waals surface area contributed by atoms with Crippen LogP contribution in [0.15, 0.2) is 12.2 Å². The topological polar surface area (TPSA) is 140 Å². The van der Waals surface area contributed by atoms with Crippen molar-refractivity contribution in [3.63, 3.8) is 0 Å². The van der Waals surface area contributed by atoms with Crippen LogP contribution in [0.25, 0.3) is 0 Å². The molecule has 0 aromatic carbocycles. The molecule has 8 nitrogen and oxygen atoms in total. The quantitative estimate of drug-likeness (QED) is 0.283. The SMILES string of the molecule is OC/C=C/C#CC#C[C@H](O)CCO[C@@H]1O[C@H](CO)[C@@H](O)[C@H](O)[C@H]1O. The Kier molecular flexibility index (Phi) is 9.57. The van der Waals surface area contributed by atoms with Crippen LogP contribution >= 0.6 is 0 Å². The second-order valence-electron chi connectivity index (χ2n) is 5.00. The standard InChI is InChI=1S/C16H22O8/c17-8-5-3-1-2-4-6-11(19)7-9-23-16-15(22)14(21)13(20)12(10-18)24-16/h3,5,11-22H,7-10H2/b5-3+/t11-,12+,13+,14-,15+,16+/m0/s1. The van der Waals surface area contributed by atoms with E-state index in [-0.39, 0.29) is 19.6 Å². The van der Waals surface area contributed by atoms with E-state index in [4.69, 9.17) is 19.7 Å². The highest BCUT2D eigenvalue weighted by molar-refractivity contribution is 5.31. The molecule has 1 aliphatic heterocycles. The summed E-state index contributed by atoms with van der Waals surface area (Å²) in [5, 5.41) is 56.1. The maximum atomic E-state index is 9.76. The first kappa shape index (κ1) is 20.6. The van der Waals surface area contributed by atoms with Gasteiger partial charge in [0.15, 0.2) is 6.29 Å². The Morgan fingerprint density at radius 2 is 1.83 bits per heavy atom. The molecule has 6 N–H and O–H groups in total. The third-order valence-electron chi connectivity index (χ3n) is 3.20. The highest BCUT2D eigenvalue weighted by Crippen LogP contribution is 2.22. The van der Waals surface area contributed by atoms with Gasteiger partial charge in [0.2, 0.25) is 0 Å². The summed E-state index contributed by atoms with van der Waals surface area (Å²) in [5.41, 5.74) is 0. The van der Waals surface area contributed by atoms with Gasteiger partial charge in [-0.2, -0.15) is 0 Å². The van der Waals surface area contributed by atoms with Crippen LogP contribution < -0.4 is 0 Å². The first-order valence-corrected chi connectivity index (χ1v) is 7.38. The van der Waals surface area contributed by atoms with Crippen LogP contribution in [0.2, 0.25) is 0 Å². The zero-order valence-corrected chi connectivity index (χ0v) is 12.9. The first-order valence-electron chi connectivity index (χ1n) is 7.38. The summed E-state index contributed by atoms with van der Waals surface area (Å²) in [6, 6.07) is 0. The molecule has 0 spiro atoms. The van der Waals surface area contributed by atoms with Crippen molar-refractivity contribution >= 4 is 0 Å². The average molecular weight is 342 g/mol. The molecule has 0 amide bonds. The van der Waals surface area contributed by atoms with Gasteiger partial charge >= 0.3 is 0 Å². The van der Waals surface area contributed by atoms with Gasteiger partial charge in [0.05, 0.1) is 19.8 Å². The third kappa shape index (κ3) is 6.57. The summed E-state index contributed by atoms with van der Waals surface area (Å²) in [6.07, 6.45) is -4.72. The number of aliphatic hydroxyl groups is 6. The molecule has 24 heavy (non-hydrogen) atoms. The van der Waals surface area contributed by atoms with Crippen LogP contribution in [0.1, 0.15) is 6.42 Å². The average Bonchev–Trinajstić information content (AvgIpc) is 2.58. The second kappa shape index (κ2) is 11.2. The Hall–Kier alpha value is -1.46. The van der Waals surface area contributed by atoms with E-state index in [2.05, 4.69) is 23.7 Å². The fraction of sp³-hybridized carbons (Fsp3) is 0.625. The van der Waals surface area contributed by atoms with E-state index < -0.39 is 43.4 Å². The number of ether oxygens (including phenoxy) is 2. The van der Waals surface area contributed by atoms with Crippen LogP contribution in [-0.4, -0.2) is 87.3 Å². The minimum absolute atomic E-state index is 0.0314. The lowest BCUT2D eigenvalue weighted by Gasteiger charge is -2.39. The molecule has 1 saturated heterocycles. The molecule has 0 unspecified atom stereocenters. The largest absolute Gasteiger partial charge is 0.394 e. The predicted molar refractivity (Wildman–Crippen MR) is 82.1 cm³/mol. The third-order valence-corrected chi connectivity index (χ3v) is 3.20. The van der Waals surface area contributed by atoms with Crippen molar-refractivity contribution < 1.29 is 40.1 Å². The van der Waals surface area contributed by atoms with E-state index >= 15 is 0 Å². The maximum Gasteiger partial charge on any atom is 0.186 e. The summed E-state index contributed by atoms with van der Waals surface area (Å²) in [7, 11) is 0. The lowest BCUT2D eigenvalue weighted by molar-refractivity contribution is -0.301. The van der Waals surface area contributed by atoms with Crippen molar-refractivity contribution in [3.05, 3.63) is 12.2 Å². The monoisotopic (exact) mass is 342 g/mol. The Bertz CT molecular complexity index is 510. The molecule has 134 valence electrons. The number of hydrogen-bond donors (Lipinski definition) is 6. The van der Waals surface area contributed by atoms with Gasteiger partial charge < -0.3 is 40.1 Å². The Morgan fingerprint density at radius 1 is 1.08 bits per heavy atom. The number of rotatable bonds is 6. The van der Waals surface area contributed by atoms with Gasteiger partial charge in [-0.05, 0) is 17.9 Å². The summed E-state index contributed by atoms with van der Waals surface area (Å²) in [5.74, 6) is 9.90. The maximum absolute atomic E-state index is 9.76. The molecule has 1 heterocycles. The first-order chi connectivity index (χ1) is 11.5. The zero-order valence-electron chi connectivity index (χ0n) is 12.9. The van der Waals surface area contributed by atoms with Gasteiger partial charge in [0.1, 0.15) is 30.5 Å². The minimum Gasteiger partial charge on any atom is -0.394 e. The Labute approximate surface area is 140 Å². The highest BCUT2D eigenvalue weighted by Gasteiger charge is 2.43. The van der Waals surface area contributed by atoms with E-state index in [9.17, 15) is 20.4 Å². The molecule has 0 aromatic rings. The van der Waals surface area contributed by atoms with Gasteiger partial charge in [-0.1, -0.05) is 17.9 Å². The van der Waals surface area contributed by atoms with Crippen LogP contribution in [-0.2, 0) is 9.47 Å². The molecule has 0 bridgehead atoms. The molecule has 0 aliphatic carbocycles. The summed E-state index contributed by atoms with van der Waals surface area (Å²) < 4.78 is 10.4. The van der Waals surface area contributed by atoms with Gasteiger partial charge in [-0.15, -0.1) is 0 Å². The molecule has 6 atom stereocenters. The van der Waals surface area contributed by atoms with E-state index in [0.717, 1.165) is 0 Å². The van der Waals surface area contributed by atoms with Gasteiger partial charge in [0.25, 0.3) is 0 Å². The van der Waals surface area contributed by atoms with Crippen molar-refractivity contribution in [2.45, 2.75) is 43.2 Å². The van der Waals surface area contributed by atoms with E-state index in [1.807, 2.05) is 0 Å². The molecule has 1 aliphatic rings. The molecule has 1 rings (SSSR count). The normalized spacial score (nSPS) is 31.0. The van der Waals surface area contributed by atoms with E-state index in [1.54, 1.807) is 0 Å². The van der Waals surface area contributed by atoms with Crippen molar-refractivity contribution in [3.8, 4) is 23.7 Å².